The molecule has 0 atom stereocenters. The smallest absolute Gasteiger partial charge is 0.336 e. The van der Waals surface area contributed by atoms with Crippen LogP contribution in [0.15, 0.2) is 42.5 Å². The Balaban J connectivity index is 2.11. The van der Waals surface area contributed by atoms with Crippen LogP contribution in [0.25, 0.3) is 0 Å². The number of benzene rings is 2. The van der Waals surface area contributed by atoms with Gasteiger partial charge in [0.1, 0.15) is 0 Å². The Morgan fingerprint density at radius 3 is 2.13 bits per heavy atom. The van der Waals surface area contributed by atoms with Gasteiger partial charge in [-0.15, -0.1) is 0 Å². The Morgan fingerprint density at radius 2 is 1.57 bits per heavy atom. The highest BCUT2D eigenvalue weighted by Gasteiger charge is 2.16. The van der Waals surface area contributed by atoms with Gasteiger partial charge in [0.2, 0.25) is 0 Å². The summed E-state index contributed by atoms with van der Waals surface area (Å²) in [6, 6.07) is 9.98. The third kappa shape index (κ3) is 4.08. The van der Waals surface area contributed by atoms with Crippen LogP contribution in [-0.2, 0) is 6.54 Å². The van der Waals surface area contributed by atoms with Gasteiger partial charge in [-0.05, 0) is 35.9 Å². The zero-order valence-electron chi connectivity index (χ0n) is 11.7. The predicted octanol–water partition coefficient (Wildman–Crippen LogP) is 2.67. The number of amides is 1. The fraction of sp³-hybridized carbons (Fsp3) is 0.0625. The average Bonchev–Trinajstić information content (AvgIpc) is 2.52. The number of carboxylic acids is 2. The number of rotatable bonds is 5. The molecule has 0 fully saturated rings. The summed E-state index contributed by atoms with van der Waals surface area (Å²) < 4.78 is 0. The van der Waals surface area contributed by atoms with Gasteiger partial charge in [-0.3, -0.25) is 4.79 Å². The lowest BCUT2D eigenvalue weighted by Gasteiger charge is -2.08. The van der Waals surface area contributed by atoms with Crippen molar-refractivity contribution in [2.75, 3.05) is 0 Å². The van der Waals surface area contributed by atoms with Gasteiger partial charge in [-0.25, -0.2) is 9.59 Å². The molecule has 23 heavy (non-hydrogen) atoms. The molecule has 2 aromatic carbocycles. The topological polar surface area (TPSA) is 104 Å². The number of carbonyl (C=O) groups is 3. The molecular weight excluding hydrogens is 322 g/mol. The Hall–Kier alpha value is -2.86. The van der Waals surface area contributed by atoms with Crippen LogP contribution in [0.5, 0.6) is 0 Å². The first-order valence-corrected chi connectivity index (χ1v) is 6.89. The normalized spacial score (nSPS) is 10.1. The van der Waals surface area contributed by atoms with E-state index in [1.54, 1.807) is 12.1 Å². The molecule has 0 aliphatic heterocycles. The van der Waals surface area contributed by atoms with Crippen molar-refractivity contribution in [3.63, 3.8) is 0 Å². The van der Waals surface area contributed by atoms with Crippen LogP contribution in [0, 0.1) is 0 Å². The van der Waals surface area contributed by atoms with Gasteiger partial charge in [-0.1, -0.05) is 23.7 Å². The number of carboxylic acid groups (broad SMARTS) is 2. The van der Waals surface area contributed by atoms with Gasteiger partial charge in [-0.2, -0.15) is 0 Å². The first kappa shape index (κ1) is 16.5. The molecule has 0 saturated carbocycles. The van der Waals surface area contributed by atoms with E-state index < -0.39 is 17.8 Å². The Bertz CT molecular complexity index is 771. The van der Waals surface area contributed by atoms with Crippen LogP contribution >= 0.6 is 11.6 Å². The first-order valence-electron chi connectivity index (χ1n) is 6.52. The number of nitrogens with one attached hydrogen (secondary N) is 1. The highest BCUT2D eigenvalue weighted by Crippen LogP contribution is 2.16. The third-order valence-electron chi connectivity index (χ3n) is 3.11. The van der Waals surface area contributed by atoms with Crippen LogP contribution in [-0.4, -0.2) is 28.1 Å². The fourth-order valence-electron chi connectivity index (χ4n) is 1.93. The molecule has 0 radical (unpaired) electrons. The molecule has 118 valence electrons. The summed E-state index contributed by atoms with van der Waals surface area (Å²) in [4.78, 5) is 34.0. The van der Waals surface area contributed by atoms with Crippen LogP contribution in [0.4, 0.5) is 0 Å². The predicted molar refractivity (Wildman–Crippen MR) is 83.0 cm³/mol. The zero-order valence-corrected chi connectivity index (χ0v) is 12.5. The highest BCUT2D eigenvalue weighted by atomic mass is 35.5. The van der Waals surface area contributed by atoms with Gasteiger partial charge < -0.3 is 15.5 Å². The fourth-order valence-corrected chi connectivity index (χ4v) is 2.11. The molecule has 0 unspecified atom stereocenters. The molecule has 2 rings (SSSR count). The number of aromatic carboxylic acids is 2. The lowest BCUT2D eigenvalue weighted by atomic mass is 10.1. The zero-order chi connectivity index (χ0) is 17.0. The second-order valence-corrected chi connectivity index (χ2v) is 5.12. The second-order valence-electron chi connectivity index (χ2n) is 4.68. The van der Waals surface area contributed by atoms with E-state index in [9.17, 15) is 14.4 Å². The van der Waals surface area contributed by atoms with Gasteiger partial charge in [0, 0.05) is 11.6 Å². The van der Waals surface area contributed by atoms with Crippen LogP contribution < -0.4 is 5.32 Å². The minimum atomic E-state index is -1.25. The molecule has 0 aromatic heterocycles. The van der Waals surface area contributed by atoms with E-state index in [0.29, 0.717) is 5.56 Å². The van der Waals surface area contributed by atoms with E-state index in [1.165, 1.54) is 30.3 Å². The summed E-state index contributed by atoms with van der Waals surface area (Å²) in [6.45, 7) is 0.139. The summed E-state index contributed by atoms with van der Waals surface area (Å²) >= 11 is 5.74. The molecule has 2 aromatic rings. The lowest BCUT2D eigenvalue weighted by Crippen LogP contribution is -2.25. The summed E-state index contributed by atoms with van der Waals surface area (Å²) in [6.07, 6.45) is 0. The molecule has 0 aliphatic carbocycles. The van der Waals surface area contributed by atoms with E-state index in [1.807, 2.05) is 0 Å². The highest BCUT2D eigenvalue weighted by molar-refractivity contribution is 6.31. The minimum absolute atomic E-state index is 0.00376. The standard InChI is InChI=1S/C16H12ClNO5/c17-11-5-6-12(13(7-11)16(22)23)14(19)18-8-9-1-3-10(4-2-9)15(20)21/h1-7H,8H2,(H,18,19)(H,20,21)(H,22,23). The quantitative estimate of drug-likeness (QED) is 0.780. The van der Waals surface area contributed by atoms with Crippen molar-refractivity contribution in [3.05, 3.63) is 69.7 Å². The van der Waals surface area contributed by atoms with Crippen molar-refractivity contribution in [1.29, 1.82) is 0 Å². The van der Waals surface area contributed by atoms with E-state index in [-0.39, 0.29) is 28.3 Å². The molecule has 0 aliphatic rings. The molecular formula is C16H12ClNO5. The van der Waals surface area contributed by atoms with Crippen molar-refractivity contribution < 1.29 is 24.6 Å². The summed E-state index contributed by atoms with van der Waals surface area (Å²) in [5, 5.41) is 20.7. The van der Waals surface area contributed by atoms with Crippen LogP contribution in [0.1, 0.15) is 36.6 Å². The maximum Gasteiger partial charge on any atom is 0.336 e. The Kier molecular flexibility index (Phi) is 4.98. The largest absolute Gasteiger partial charge is 0.478 e. The maximum atomic E-state index is 12.1. The van der Waals surface area contributed by atoms with Crippen molar-refractivity contribution in [2.45, 2.75) is 6.54 Å². The van der Waals surface area contributed by atoms with E-state index in [4.69, 9.17) is 21.8 Å². The minimum Gasteiger partial charge on any atom is -0.478 e. The lowest BCUT2D eigenvalue weighted by molar-refractivity contribution is 0.0684. The first-order chi connectivity index (χ1) is 10.9. The number of carbonyl (C=O) groups excluding carboxylic acids is 1. The van der Waals surface area contributed by atoms with Crippen LogP contribution in [0.2, 0.25) is 5.02 Å². The molecule has 3 N–H and O–H groups in total. The van der Waals surface area contributed by atoms with Crippen molar-refractivity contribution in [3.8, 4) is 0 Å². The van der Waals surface area contributed by atoms with E-state index in [0.717, 1.165) is 0 Å². The Morgan fingerprint density at radius 1 is 0.913 bits per heavy atom. The van der Waals surface area contributed by atoms with Crippen molar-refractivity contribution >= 4 is 29.4 Å². The molecule has 7 heteroatoms. The maximum absolute atomic E-state index is 12.1. The number of hydrogen-bond acceptors (Lipinski definition) is 3. The summed E-state index contributed by atoms with van der Waals surface area (Å²) in [5.74, 6) is -2.84. The molecule has 1 amide bonds. The Labute approximate surface area is 136 Å². The SMILES string of the molecule is O=C(O)c1ccc(CNC(=O)c2ccc(Cl)cc2C(=O)O)cc1. The monoisotopic (exact) mass is 333 g/mol. The molecule has 0 spiro atoms. The van der Waals surface area contributed by atoms with Gasteiger partial charge in [0.05, 0.1) is 16.7 Å². The van der Waals surface area contributed by atoms with Gasteiger partial charge in [0.15, 0.2) is 0 Å². The van der Waals surface area contributed by atoms with Crippen molar-refractivity contribution in [1.82, 2.24) is 5.32 Å². The second kappa shape index (κ2) is 6.93. The number of halogens is 1. The van der Waals surface area contributed by atoms with E-state index >= 15 is 0 Å². The van der Waals surface area contributed by atoms with Crippen LogP contribution in [0.3, 0.4) is 0 Å². The summed E-state index contributed by atoms with van der Waals surface area (Å²) in [7, 11) is 0. The molecule has 0 bridgehead atoms. The molecule has 0 saturated heterocycles. The van der Waals surface area contributed by atoms with E-state index in [2.05, 4.69) is 5.32 Å². The van der Waals surface area contributed by atoms with Crippen molar-refractivity contribution in [2.24, 2.45) is 0 Å². The van der Waals surface area contributed by atoms with Gasteiger partial charge >= 0.3 is 11.9 Å². The summed E-state index contributed by atoms with van der Waals surface area (Å²) in [5.41, 5.74) is 0.653. The average molecular weight is 334 g/mol. The molecule has 6 nitrogen and oxygen atoms in total. The third-order valence-corrected chi connectivity index (χ3v) is 3.35. The number of hydrogen-bond donors (Lipinski definition) is 3. The van der Waals surface area contributed by atoms with Gasteiger partial charge in [0.25, 0.3) is 5.91 Å². The molecule has 0 heterocycles.